The van der Waals surface area contributed by atoms with E-state index < -0.39 is 47.8 Å². The Labute approximate surface area is 224 Å². The maximum absolute atomic E-state index is 12.4. The minimum atomic E-state index is -1.31. The number of ether oxygens (including phenoxy) is 3. The fraction of sp³-hybridized carbons (Fsp3) is 0.897. The van der Waals surface area contributed by atoms with Crippen molar-refractivity contribution in [3.8, 4) is 0 Å². The Morgan fingerprint density at radius 1 is 0.947 bits per heavy atom. The van der Waals surface area contributed by atoms with E-state index in [9.17, 15) is 30.3 Å². The molecule has 214 valence electrons. The zero-order chi connectivity index (χ0) is 27.2. The van der Waals surface area contributed by atoms with Crippen LogP contribution in [0.1, 0.15) is 72.1 Å². The molecule has 38 heavy (non-hydrogen) atoms. The number of rotatable bonds is 3. The first-order chi connectivity index (χ1) is 17.9. The first-order valence-electron chi connectivity index (χ1n) is 14.5. The highest BCUT2D eigenvalue weighted by Crippen LogP contribution is 2.70. The monoisotopic (exact) mass is 536 g/mol. The van der Waals surface area contributed by atoms with Crippen LogP contribution in [0.25, 0.3) is 0 Å². The molecule has 6 rings (SSSR count). The van der Waals surface area contributed by atoms with Gasteiger partial charge in [-0.05, 0) is 93.0 Å². The molecule has 1 saturated heterocycles. The zero-order valence-corrected chi connectivity index (χ0v) is 22.7. The third-order valence-electron chi connectivity index (χ3n) is 12.2. The van der Waals surface area contributed by atoms with Gasteiger partial charge in [-0.2, -0.15) is 0 Å². The molecule has 2 aliphatic heterocycles. The Morgan fingerprint density at radius 3 is 2.42 bits per heavy atom. The van der Waals surface area contributed by atoms with Crippen LogP contribution < -0.4 is 0 Å². The Balaban J connectivity index is 1.19. The molecule has 14 atom stereocenters. The van der Waals surface area contributed by atoms with Gasteiger partial charge < -0.3 is 39.7 Å². The van der Waals surface area contributed by atoms with Crippen molar-refractivity contribution in [1.29, 1.82) is 0 Å². The fourth-order valence-electron chi connectivity index (χ4n) is 9.79. The molecule has 0 bridgehead atoms. The van der Waals surface area contributed by atoms with E-state index in [-0.39, 0.29) is 41.8 Å². The van der Waals surface area contributed by atoms with Crippen LogP contribution in [0, 0.1) is 34.5 Å². The van der Waals surface area contributed by atoms with Gasteiger partial charge >= 0.3 is 5.97 Å². The first kappa shape index (κ1) is 27.1. The molecule has 6 aliphatic rings. The average molecular weight is 537 g/mol. The second-order valence-corrected chi connectivity index (χ2v) is 13.6. The molecule has 4 aliphatic carbocycles. The maximum Gasteiger partial charge on any atom is 0.331 e. The summed E-state index contributed by atoms with van der Waals surface area (Å²) in [4.78, 5) is 11.8. The van der Waals surface area contributed by atoms with Crippen molar-refractivity contribution in [2.75, 3.05) is 6.61 Å². The normalized spacial score (nSPS) is 56.5. The summed E-state index contributed by atoms with van der Waals surface area (Å²) in [6, 6.07) is 0. The van der Waals surface area contributed by atoms with Crippen LogP contribution in [0.4, 0.5) is 0 Å². The summed E-state index contributed by atoms with van der Waals surface area (Å²) in [5.41, 5.74) is -0.864. The third kappa shape index (κ3) is 3.72. The van der Waals surface area contributed by atoms with Gasteiger partial charge in [0.15, 0.2) is 6.29 Å². The molecule has 0 aromatic rings. The molecule has 2 heterocycles. The maximum atomic E-state index is 12.4. The van der Waals surface area contributed by atoms with Gasteiger partial charge in [0.1, 0.15) is 24.9 Å². The van der Waals surface area contributed by atoms with Gasteiger partial charge in [-0.15, -0.1) is 0 Å². The summed E-state index contributed by atoms with van der Waals surface area (Å²) < 4.78 is 17.1. The number of esters is 1. The van der Waals surface area contributed by atoms with Crippen molar-refractivity contribution in [3.05, 3.63) is 11.6 Å². The molecule has 9 nitrogen and oxygen atoms in total. The number of aliphatic hydroxyl groups excluding tert-OH is 4. The summed E-state index contributed by atoms with van der Waals surface area (Å²) in [6.45, 7) is 6.25. The predicted molar refractivity (Wildman–Crippen MR) is 134 cm³/mol. The van der Waals surface area contributed by atoms with Crippen LogP contribution in [0.3, 0.4) is 0 Å². The lowest BCUT2D eigenvalue weighted by atomic mass is 9.42. The van der Waals surface area contributed by atoms with Crippen LogP contribution >= 0.6 is 0 Å². The fourth-order valence-corrected chi connectivity index (χ4v) is 9.79. The summed E-state index contributed by atoms with van der Waals surface area (Å²) in [6.07, 6.45) is 1.60. The number of hydrogen-bond acceptors (Lipinski definition) is 9. The number of carbonyl (C=O) groups excluding carboxylic acids is 1. The Hall–Kier alpha value is -1.07. The molecule has 0 aromatic carbocycles. The van der Waals surface area contributed by atoms with Crippen LogP contribution in [0.2, 0.25) is 0 Å². The standard InChI is InChI=1S/C29H44O9/c1-14-23(32)24(33)25(34)26(37-14)38-17-6-8-27(2)16(11-17)4-5-19-20(27)12-21(30)28(3)18(7-9-29(19,28)35)15-10-22(31)36-13-15/h10,14,16-21,23-26,30,32-35H,4-9,11-13H2,1-3H3. The van der Waals surface area contributed by atoms with Crippen molar-refractivity contribution >= 4 is 5.97 Å². The van der Waals surface area contributed by atoms with Gasteiger partial charge in [0, 0.05) is 11.5 Å². The number of cyclic esters (lactones) is 1. The smallest absolute Gasteiger partial charge is 0.331 e. The van der Waals surface area contributed by atoms with Crippen molar-refractivity contribution in [1.82, 2.24) is 0 Å². The average Bonchev–Trinajstić information content (AvgIpc) is 3.43. The molecule has 4 saturated carbocycles. The van der Waals surface area contributed by atoms with Gasteiger partial charge in [-0.25, -0.2) is 4.79 Å². The molecule has 14 unspecified atom stereocenters. The van der Waals surface area contributed by atoms with E-state index in [2.05, 4.69) is 6.92 Å². The lowest BCUT2D eigenvalue weighted by Gasteiger charge is -2.65. The lowest BCUT2D eigenvalue weighted by Crippen LogP contribution is -2.67. The number of aliphatic hydroxyl groups is 5. The minimum Gasteiger partial charge on any atom is -0.458 e. The largest absolute Gasteiger partial charge is 0.458 e. The van der Waals surface area contributed by atoms with E-state index in [1.54, 1.807) is 13.0 Å². The molecule has 0 aromatic heterocycles. The molecule has 5 fully saturated rings. The van der Waals surface area contributed by atoms with E-state index in [4.69, 9.17) is 14.2 Å². The van der Waals surface area contributed by atoms with Gasteiger partial charge in [-0.1, -0.05) is 13.8 Å². The molecule has 5 N–H and O–H groups in total. The van der Waals surface area contributed by atoms with Crippen LogP contribution in [0.15, 0.2) is 11.6 Å². The number of fused-ring (bicyclic) bond motifs is 5. The summed E-state index contributed by atoms with van der Waals surface area (Å²) in [5, 5.41) is 54.7. The zero-order valence-electron chi connectivity index (χ0n) is 22.7. The van der Waals surface area contributed by atoms with Crippen molar-refractivity contribution < 1.29 is 44.5 Å². The second kappa shape index (κ2) is 9.23. The Morgan fingerprint density at radius 2 is 1.71 bits per heavy atom. The summed E-state index contributed by atoms with van der Waals surface area (Å²) in [7, 11) is 0. The van der Waals surface area contributed by atoms with Crippen LogP contribution in [0.5, 0.6) is 0 Å². The van der Waals surface area contributed by atoms with E-state index in [0.29, 0.717) is 18.8 Å². The first-order valence-corrected chi connectivity index (χ1v) is 14.5. The topological polar surface area (TPSA) is 146 Å². The van der Waals surface area contributed by atoms with Gasteiger partial charge in [-0.3, -0.25) is 0 Å². The minimum absolute atomic E-state index is 0.0559. The van der Waals surface area contributed by atoms with Gasteiger partial charge in [0.2, 0.25) is 0 Å². The van der Waals surface area contributed by atoms with Gasteiger partial charge in [0.25, 0.3) is 0 Å². The molecular formula is C29H44O9. The Bertz CT molecular complexity index is 985. The van der Waals surface area contributed by atoms with Crippen LogP contribution in [-0.2, 0) is 19.0 Å². The molecule has 0 spiro atoms. The Kier molecular flexibility index (Phi) is 6.58. The van der Waals surface area contributed by atoms with Crippen molar-refractivity contribution in [3.63, 3.8) is 0 Å². The predicted octanol–water partition coefficient (Wildman–Crippen LogP) is 1.43. The SMILES string of the molecule is CC1OC(OC2CCC3(C)C(CCC4C3CC(O)C3(C)C(C5=CC(=O)OC5)CCC43O)C2)C(O)C(O)C1O. The van der Waals surface area contributed by atoms with Gasteiger partial charge in [0.05, 0.1) is 23.9 Å². The van der Waals surface area contributed by atoms with E-state index >= 15 is 0 Å². The quantitative estimate of drug-likeness (QED) is 0.267. The molecular weight excluding hydrogens is 492 g/mol. The molecule has 9 heteroatoms. The third-order valence-corrected chi connectivity index (χ3v) is 12.2. The second-order valence-electron chi connectivity index (χ2n) is 13.6. The van der Waals surface area contributed by atoms with Crippen molar-refractivity contribution in [2.45, 2.75) is 121 Å². The number of carbonyl (C=O) groups is 1. The highest BCUT2D eigenvalue weighted by atomic mass is 16.7. The van der Waals surface area contributed by atoms with E-state index in [0.717, 1.165) is 44.1 Å². The summed E-state index contributed by atoms with van der Waals surface area (Å²) in [5.74, 6) is 0.206. The van der Waals surface area contributed by atoms with Crippen LogP contribution in [-0.4, -0.2) is 86.6 Å². The highest BCUT2D eigenvalue weighted by Gasteiger charge is 2.70. The highest BCUT2D eigenvalue weighted by molar-refractivity contribution is 5.85. The summed E-state index contributed by atoms with van der Waals surface area (Å²) >= 11 is 0. The molecule has 0 radical (unpaired) electrons. The lowest BCUT2D eigenvalue weighted by molar-refractivity contribution is -0.311. The molecule has 0 amide bonds. The van der Waals surface area contributed by atoms with E-state index in [1.165, 1.54) is 0 Å². The van der Waals surface area contributed by atoms with E-state index in [1.807, 2.05) is 6.92 Å². The van der Waals surface area contributed by atoms with Crippen molar-refractivity contribution in [2.24, 2.45) is 34.5 Å². The number of hydrogen-bond donors (Lipinski definition) is 5.